The summed E-state index contributed by atoms with van der Waals surface area (Å²) in [7, 11) is 1.28. The normalized spacial score (nSPS) is 11.8. The lowest BCUT2D eigenvalue weighted by Gasteiger charge is -2.22. The molecule has 0 aliphatic rings. The van der Waals surface area contributed by atoms with Crippen molar-refractivity contribution in [1.82, 2.24) is 0 Å². The molecule has 0 radical (unpaired) electrons. The minimum Gasteiger partial charge on any atom is -0.507 e. The third-order valence-electron chi connectivity index (χ3n) is 6.26. The largest absolute Gasteiger partial charge is 0.507 e. The van der Waals surface area contributed by atoms with Gasteiger partial charge in [-0.1, -0.05) is 25.5 Å². The number of Topliss-reactive ketones (excluding diaryl/α,β-unsaturated/α-hetero) is 2. The van der Waals surface area contributed by atoms with Crippen molar-refractivity contribution in [2.45, 2.75) is 65.9 Å². The Morgan fingerprint density at radius 2 is 1.44 bits per heavy atom. The summed E-state index contributed by atoms with van der Waals surface area (Å²) in [5, 5.41) is 64.6. The Bertz CT molecular complexity index is 1210. The second kappa shape index (κ2) is 11.3. The lowest BCUT2D eigenvalue weighted by atomic mass is 9.88. The van der Waals surface area contributed by atoms with Gasteiger partial charge in [-0.25, -0.2) is 0 Å². The molecule has 196 valence electrons. The average molecular weight is 503 g/mol. The number of unbranched alkanes of at least 4 members (excludes halogenated alkanes) is 1. The van der Waals surface area contributed by atoms with Crippen molar-refractivity contribution in [2.24, 2.45) is 0 Å². The molecule has 6 N–H and O–H groups in total. The van der Waals surface area contributed by atoms with Gasteiger partial charge in [-0.2, -0.15) is 0 Å². The van der Waals surface area contributed by atoms with E-state index in [-0.39, 0.29) is 46.4 Å². The Morgan fingerprint density at radius 3 is 1.94 bits per heavy atom. The van der Waals surface area contributed by atoms with Crippen LogP contribution in [0.1, 0.15) is 83.0 Å². The molecule has 9 heteroatoms. The predicted octanol–water partition coefficient (Wildman–Crippen LogP) is 4.18. The van der Waals surface area contributed by atoms with Crippen molar-refractivity contribution in [2.75, 3.05) is 7.11 Å². The van der Waals surface area contributed by atoms with Crippen LogP contribution in [0.15, 0.2) is 12.2 Å². The fourth-order valence-electron chi connectivity index (χ4n) is 4.12. The van der Waals surface area contributed by atoms with Gasteiger partial charge in [-0.15, -0.1) is 0 Å². The molecule has 1 atom stereocenters. The number of carbonyl (C=O) groups is 2. The molecule has 0 aliphatic heterocycles. The number of aliphatic hydroxyl groups is 1. The lowest BCUT2D eigenvalue weighted by Crippen LogP contribution is -2.14. The summed E-state index contributed by atoms with van der Waals surface area (Å²) in [6.45, 7) is 9.71. The molecule has 0 amide bonds. The molecular weight excluding hydrogens is 468 g/mol. The Labute approximate surface area is 209 Å². The van der Waals surface area contributed by atoms with E-state index < -0.39 is 58.4 Å². The molecule has 2 rings (SSSR count). The molecule has 0 bridgehead atoms. The Kier molecular flexibility index (Phi) is 8.99. The molecule has 0 aromatic heterocycles. The summed E-state index contributed by atoms with van der Waals surface area (Å²) in [4.78, 5) is 25.1. The Morgan fingerprint density at radius 1 is 0.889 bits per heavy atom. The molecule has 1 unspecified atom stereocenters. The van der Waals surface area contributed by atoms with E-state index in [1.807, 2.05) is 6.92 Å². The highest BCUT2D eigenvalue weighted by Crippen LogP contribution is 2.48. The predicted molar refractivity (Wildman–Crippen MR) is 134 cm³/mol. The van der Waals surface area contributed by atoms with Crippen LogP contribution in [0.2, 0.25) is 0 Å². The number of carbonyl (C=O) groups excluding carboxylic acids is 2. The van der Waals surface area contributed by atoms with Crippen LogP contribution in [0.4, 0.5) is 0 Å². The molecule has 0 spiro atoms. The quantitative estimate of drug-likeness (QED) is 0.195. The zero-order chi connectivity index (χ0) is 27.5. The minimum atomic E-state index is -1.17. The second-order valence-corrected chi connectivity index (χ2v) is 8.91. The highest BCUT2D eigenvalue weighted by Gasteiger charge is 2.31. The summed E-state index contributed by atoms with van der Waals surface area (Å²) in [5.74, 6) is -4.23. The van der Waals surface area contributed by atoms with Crippen molar-refractivity contribution in [3.63, 3.8) is 0 Å². The van der Waals surface area contributed by atoms with Crippen molar-refractivity contribution < 1.29 is 45.0 Å². The molecule has 0 saturated heterocycles. The molecule has 2 aromatic rings. The topological polar surface area (TPSA) is 165 Å². The SMILES string of the molecule is C=C(C)C(O)Cc1c(O)c(Cc2c(O)c(C(C)=O)c(O)c(C)c2OC)c(O)c(C(=O)CCCC)c1O. The number of ether oxygens (including phenoxy) is 1. The number of rotatable bonds is 11. The number of hydrogen-bond acceptors (Lipinski definition) is 9. The maximum absolute atomic E-state index is 12.9. The second-order valence-electron chi connectivity index (χ2n) is 8.91. The van der Waals surface area contributed by atoms with Gasteiger partial charge < -0.3 is 35.4 Å². The van der Waals surface area contributed by atoms with Crippen LogP contribution < -0.4 is 4.74 Å². The summed E-state index contributed by atoms with van der Waals surface area (Å²) in [6.07, 6.45) is -0.702. The van der Waals surface area contributed by atoms with E-state index in [1.165, 1.54) is 14.0 Å². The van der Waals surface area contributed by atoms with E-state index >= 15 is 0 Å². The van der Waals surface area contributed by atoms with E-state index in [1.54, 1.807) is 6.92 Å². The maximum Gasteiger partial charge on any atom is 0.170 e. The highest BCUT2D eigenvalue weighted by molar-refractivity contribution is 6.03. The van der Waals surface area contributed by atoms with E-state index in [0.29, 0.717) is 18.4 Å². The Hall–Kier alpha value is -3.72. The van der Waals surface area contributed by atoms with Gasteiger partial charge in [0.2, 0.25) is 0 Å². The van der Waals surface area contributed by atoms with Gasteiger partial charge in [-0.3, -0.25) is 9.59 Å². The van der Waals surface area contributed by atoms with Crippen molar-refractivity contribution in [1.29, 1.82) is 0 Å². The molecule has 0 saturated carbocycles. The number of phenols is 5. The van der Waals surface area contributed by atoms with E-state index in [4.69, 9.17) is 4.74 Å². The van der Waals surface area contributed by atoms with Gasteiger partial charge in [-0.05, 0) is 27.2 Å². The molecule has 2 aromatic carbocycles. The number of phenolic OH excluding ortho intramolecular Hbond substituents is 5. The van der Waals surface area contributed by atoms with Gasteiger partial charge in [0.25, 0.3) is 0 Å². The van der Waals surface area contributed by atoms with Gasteiger partial charge in [0.1, 0.15) is 45.6 Å². The van der Waals surface area contributed by atoms with Crippen LogP contribution in [0, 0.1) is 6.92 Å². The van der Waals surface area contributed by atoms with Crippen molar-refractivity contribution in [3.8, 4) is 34.5 Å². The average Bonchev–Trinajstić information content (AvgIpc) is 2.80. The highest BCUT2D eigenvalue weighted by atomic mass is 16.5. The van der Waals surface area contributed by atoms with Crippen molar-refractivity contribution >= 4 is 11.6 Å². The van der Waals surface area contributed by atoms with Crippen LogP contribution in [-0.4, -0.2) is 55.4 Å². The molecule has 0 fully saturated rings. The zero-order valence-corrected chi connectivity index (χ0v) is 21.2. The summed E-state index contributed by atoms with van der Waals surface area (Å²) in [6, 6.07) is 0. The van der Waals surface area contributed by atoms with Crippen molar-refractivity contribution in [3.05, 3.63) is 45.5 Å². The first-order valence-corrected chi connectivity index (χ1v) is 11.6. The molecule has 9 nitrogen and oxygen atoms in total. The van der Waals surface area contributed by atoms with Crippen LogP contribution in [0.25, 0.3) is 0 Å². The van der Waals surface area contributed by atoms with Gasteiger partial charge in [0.05, 0.1) is 13.2 Å². The Balaban J connectivity index is 2.89. The fraction of sp³-hybridized carbons (Fsp3) is 0.407. The molecular formula is C27H34O9. The minimum absolute atomic E-state index is 0.00394. The lowest BCUT2D eigenvalue weighted by molar-refractivity contribution is 0.0971. The number of aliphatic hydroxyl groups excluding tert-OH is 1. The molecule has 36 heavy (non-hydrogen) atoms. The number of aromatic hydroxyl groups is 5. The smallest absolute Gasteiger partial charge is 0.170 e. The number of hydrogen-bond donors (Lipinski definition) is 6. The monoisotopic (exact) mass is 502 g/mol. The number of methoxy groups -OCH3 is 1. The van der Waals surface area contributed by atoms with Crippen LogP contribution in [0.3, 0.4) is 0 Å². The summed E-state index contributed by atoms with van der Waals surface area (Å²) >= 11 is 0. The third kappa shape index (κ3) is 5.26. The van der Waals surface area contributed by atoms with Crippen LogP contribution in [0.5, 0.6) is 34.5 Å². The first-order valence-electron chi connectivity index (χ1n) is 11.6. The molecule has 0 heterocycles. The van der Waals surface area contributed by atoms with E-state index in [0.717, 1.165) is 6.92 Å². The van der Waals surface area contributed by atoms with Gasteiger partial charge in [0, 0.05) is 41.5 Å². The van der Waals surface area contributed by atoms with Gasteiger partial charge >= 0.3 is 0 Å². The standard InChI is InChI=1S/C27H34O9/c1-7-8-9-18(29)21-24(33)15(23(32)16(25(21)34)11-19(30)12(2)3)10-17-26(35)20(14(5)28)22(31)13(4)27(17)36-6/h19,30-35H,2,7-11H2,1,3-6H3. The summed E-state index contributed by atoms with van der Waals surface area (Å²) < 4.78 is 5.34. The van der Waals surface area contributed by atoms with Gasteiger partial charge in [0.15, 0.2) is 11.6 Å². The van der Waals surface area contributed by atoms with Crippen LogP contribution >= 0.6 is 0 Å². The van der Waals surface area contributed by atoms with E-state index in [9.17, 15) is 40.2 Å². The zero-order valence-electron chi connectivity index (χ0n) is 21.2. The maximum atomic E-state index is 12.9. The first kappa shape index (κ1) is 28.5. The number of benzene rings is 2. The first-order chi connectivity index (χ1) is 16.8. The summed E-state index contributed by atoms with van der Waals surface area (Å²) in [5.41, 5.74) is -0.734. The molecule has 0 aliphatic carbocycles. The van der Waals surface area contributed by atoms with E-state index in [2.05, 4.69) is 6.58 Å². The van der Waals surface area contributed by atoms with Crippen LogP contribution in [-0.2, 0) is 12.8 Å². The fourth-order valence-corrected chi connectivity index (χ4v) is 4.12. The third-order valence-corrected chi connectivity index (χ3v) is 6.26. The number of ketones is 2.